The van der Waals surface area contributed by atoms with Gasteiger partial charge in [-0.05, 0) is 57.5 Å². The molecule has 118 valence electrons. The smallest absolute Gasteiger partial charge is 0.222 e. The molecule has 0 bridgehead atoms. The Balaban J connectivity index is 0.00000200. The maximum atomic E-state index is 12.1. The third-order valence-corrected chi connectivity index (χ3v) is 4.40. The van der Waals surface area contributed by atoms with Crippen LogP contribution in [-0.4, -0.2) is 50.2 Å². The molecule has 20 heavy (non-hydrogen) atoms. The zero-order valence-corrected chi connectivity index (χ0v) is 13.4. The van der Waals surface area contributed by atoms with Gasteiger partial charge in [-0.15, -0.1) is 12.4 Å². The summed E-state index contributed by atoms with van der Waals surface area (Å²) in [5.74, 6) is 1.03. The summed E-state index contributed by atoms with van der Waals surface area (Å²) >= 11 is 0. The summed E-state index contributed by atoms with van der Waals surface area (Å²) in [5.41, 5.74) is 0. The van der Waals surface area contributed by atoms with Crippen molar-refractivity contribution in [2.45, 2.75) is 51.0 Å². The minimum absolute atomic E-state index is 0. The van der Waals surface area contributed by atoms with Gasteiger partial charge in [-0.2, -0.15) is 0 Å². The molecule has 2 rings (SSSR count). The minimum atomic E-state index is 0. The van der Waals surface area contributed by atoms with Crippen LogP contribution in [-0.2, 0) is 9.53 Å². The highest BCUT2D eigenvalue weighted by atomic mass is 35.5. The zero-order valence-electron chi connectivity index (χ0n) is 12.6. The lowest BCUT2D eigenvalue weighted by Gasteiger charge is -2.28. The van der Waals surface area contributed by atoms with Gasteiger partial charge in [0.2, 0.25) is 5.91 Å². The molecule has 4 nitrogen and oxygen atoms in total. The van der Waals surface area contributed by atoms with E-state index in [1.807, 2.05) is 11.9 Å². The number of carbonyl (C=O) groups is 1. The molecule has 0 aromatic heterocycles. The van der Waals surface area contributed by atoms with Crippen molar-refractivity contribution in [3.8, 4) is 0 Å². The first-order valence-electron chi connectivity index (χ1n) is 7.82. The highest BCUT2D eigenvalue weighted by Gasteiger charge is 2.20. The van der Waals surface area contributed by atoms with Crippen LogP contribution in [0, 0.1) is 5.92 Å². The second-order valence-electron chi connectivity index (χ2n) is 5.99. The molecule has 0 aromatic carbocycles. The van der Waals surface area contributed by atoms with Gasteiger partial charge in [0, 0.05) is 26.6 Å². The number of carbonyl (C=O) groups excluding carboxylic acids is 1. The van der Waals surface area contributed by atoms with Crippen LogP contribution in [0.1, 0.15) is 44.9 Å². The molecule has 0 aromatic rings. The fourth-order valence-corrected chi connectivity index (χ4v) is 3.05. The fourth-order valence-electron chi connectivity index (χ4n) is 3.05. The number of nitrogens with zero attached hydrogens (tertiary/aromatic N) is 1. The number of piperidine rings is 1. The topological polar surface area (TPSA) is 41.6 Å². The molecule has 1 amide bonds. The summed E-state index contributed by atoms with van der Waals surface area (Å²) in [6, 6.07) is 0. The maximum absolute atomic E-state index is 12.1. The third kappa shape index (κ3) is 5.98. The number of halogens is 1. The van der Waals surface area contributed by atoms with Gasteiger partial charge in [0.05, 0.1) is 6.10 Å². The van der Waals surface area contributed by atoms with E-state index in [1.54, 1.807) is 0 Å². The van der Waals surface area contributed by atoms with Gasteiger partial charge < -0.3 is 15.0 Å². The fraction of sp³-hybridized carbons (Fsp3) is 0.933. The first-order valence-corrected chi connectivity index (χ1v) is 7.82. The molecule has 5 heteroatoms. The Labute approximate surface area is 129 Å². The van der Waals surface area contributed by atoms with Crippen molar-refractivity contribution in [3.05, 3.63) is 0 Å². The number of hydrogen-bond acceptors (Lipinski definition) is 3. The number of likely N-dealkylation sites (N-methyl/N-ethyl adjacent to an activating group) is 1. The molecule has 0 aliphatic carbocycles. The Bertz CT molecular complexity index is 277. The maximum Gasteiger partial charge on any atom is 0.222 e. The van der Waals surface area contributed by atoms with E-state index in [9.17, 15) is 4.79 Å². The van der Waals surface area contributed by atoms with Crippen molar-refractivity contribution in [2.24, 2.45) is 5.92 Å². The van der Waals surface area contributed by atoms with Crippen molar-refractivity contribution < 1.29 is 9.53 Å². The Morgan fingerprint density at radius 3 is 2.65 bits per heavy atom. The highest BCUT2D eigenvalue weighted by molar-refractivity contribution is 5.85. The molecule has 0 radical (unpaired) electrons. The summed E-state index contributed by atoms with van der Waals surface area (Å²) in [6.45, 7) is 3.86. The lowest BCUT2D eigenvalue weighted by atomic mass is 9.93. The standard InChI is InChI=1S/C15H28N2O2.ClH/c1-17(12-14-4-2-3-11-19-14)15(18)6-5-13-7-9-16-10-8-13;/h13-14,16H,2-12H2,1H3;1H. The van der Waals surface area contributed by atoms with Crippen LogP contribution < -0.4 is 5.32 Å². The van der Waals surface area contributed by atoms with Crippen LogP contribution in [0.15, 0.2) is 0 Å². The van der Waals surface area contributed by atoms with Crippen molar-refractivity contribution in [3.63, 3.8) is 0 Å². The van der Waals surface area contributed by atoms with Crippen LogP contribution in [0.3, 0.4) is 0 Å². The Hall–Kier alpha value is -0.320. The lowest BCUT2D eigenvalue weighted by molar-refractivity contribution is -0.132. The second-order valence-corrected chi connectivity index (χ2v) is 5.99. The molecule has 0 spiro atoms. The van der Waals surface area contributed by atoms with E-state index < -0.39 is 0 Å². The summed E-state index contributed by atoms with van der Waals surface area (Å²) in [4.78, 5) is 14.0. The second kappa shape index (κ2) is 9.59. The molecule has 1 unspecified atom stereocenters. The molecule has 2 saturated heterocycles. The number of rotatable bonds is 5. The number of ether oxygens (including phenoxy) is 1. The summed E-state index contributed by atoms with van der Waals surface area (Å²) in [5, 5.41) is 3.37. The average Bonchev–Trinajstić information content (AvgIpc) is 2.47. The van der Waals surface area contributed by atoms with E-state index >= 15 is 0 Å². The van der Waals surface area contributed by atoms with Crippen molar-refractivity contribution in [2.75, 3.05) is 33.3 Å². The van der Waals surface area contributed by atoms with Gasteiger partial charge >= 0.3 is 0 Å². The molecular weight excluding hydrogens is 276 g/mol. The van der Waals surface area contributed by atoms with Gasteiger partial charge in [-0.25, -0.2) is 0 Å². The highest BCUT2D eigenvalue weighted by Crippen LogP contribution is 2.19. The summed E-state index contributed by atoms with van der Waals surface area (Å²) < 4.78 is 5.69. The molecular formula is C15H29ClN2O2. The van der Waals surface area contributed by atoms with E-state index in [2.05, 4.69) is 5.32 Å². The quantitative estimate of drug-likeness (QED) is 0.847. The monoisotopic (exact) mass is 304 g/mol. The molecule has 2 aliphatic heterocycles. The van der Waals surface area contributed by atoms with Crippen LogP contribution in [0.25, 0.3) is 0 Å². The van der Waals surface area contributed by atoms with Crippen molar-refractivity contribution in [1.29, 1.82) is 0 Å². The predicted octanol–water partition coefficient (Wildman–Crippen LogP) is 2.22. The summed E-state index contributed by atoms with van der Waals surface area (Å²) in [7, 11) is 1.92. The van der Waals surface area contributed by atoms with Gasteiger partial charge in [0.15, 0.2) is 0 Å². The molecule has 2 aliphatic rings. The van der Waals surface area contributed by atoms with Crippen molar-refractivity contribution >= 4 is 18.3 Å². The van der Waals surface area contributed by atoms with Gasteiger partial charge in [0.1, 0.15) is 0 Å². The summed E-state index contributed by atoms with van der Waals surface area (Å²) in [6.07, 6.45) is 7.98. The Kier molecular flexibility index (Phi) is 8.50. The lowest BCUT2D eigenvalue weighted by Crippen LogP contribution is -2.37. The van der Waals surface area contributed by atoms with E-state index in [0.29, 0.717) is 6.42 Å². The Morgan fingerprint density at radius 2 is 2.00 bits per heavy atom. The zero-order chi connectivity index (χ0) is 13.5. The van der Waals surface area contributed by atoms with E-state index in [0.717, 1.165) is 45.0 Å². The van der Waals surface area contributed by atoms with Crippen LogP contribution >= 0.6 is 12.4 Å². The molecule has 2 fully saturated rings. The number of nitrogens with one attached hydrogen (secondary N) is 1. The normalized spacial score (nSPS) is 23.9. The predicted molar refractivity (Wildman–Crippen MR) is 83.3 cm³/mol. The Morgan fingerprint density at radius 1 is 1.25 bits per heavy atom. The average molecular weight is 305 g/mol. The van der Waals surface area contributed by atoms with Gasteiger partial charge in [-0.1, -0.05) is 0 Å². The van der Waals surface area contributed by atoms with Gasteiger partial charge in [-0.3, -0.25) is 4.79 Å². The SMILES string of the molecule is CN(CC1CCCCO1)C(=O)CCC1CCNCC1.Cl. The van der Waals surface area contributed by atoms with Crippen LogP contribution in [0.2, 0.25) is 0 Å². The van der Waals surface area contributed by atoms with Crippen LogP contribution in [0.5, 0.6) is 0 Å². The number of hydrogen-bond donors (Lipinski definition) is 1. The first-order chi connectivity index (χ1) is 9.25. The van der Waals surface area contributed by atoms with Gasteiger partial charge in [0.25, 0.3) is 0 Å². The first kappa shape index (κ1) is 17.7. The third-order valence-electron chi connectivity index (χ3n) is 4.40. The molecule has 1 N–H and O–H groups in total. The molecule has 0 saturated carbocycles. The largest absolute Gasteiger partial charge is 0.376 e. The van der Waals surface area contributed by atoms with E-state index in [4.69, 9.17) is 4.74 Å². The molecule has 2 heterocycles. The van der Waals surface area contributed by atoms with E-state index in [-0.39, 0.29) is 24.4 Å². The molecule has 1 atom stereocenters. The van der Waals surface area contributed by atoms with Crippen LogP contribution in [0.4, 0.5) is 0 Å². The minimum Gasteiger partial charge on any atom is -0.376 e. The van der Waals surface area contributed by atoms with E-state index in [1.165, 1.54) is 25.7 Å². The van der Waals surface area contributed by atoms with Crippen molar-refractivity contribution in [1.82, 2.24) is 10.2 Å². The number of amides is 1.